The van der Waals surface area contributed by atoms with Crippen LogP contribution in [-0.2, 0) is 4.74 Å². The lowest BCUT2D eigenvalue weighted by Gasteiger charge is -2.21. The average molecular weight is 473 g/mol. The Morgan fingerprint density at radius 2 is 2.03 bits per heavy atom. The Balaban J connectivity index is 1.45. The fourth-order valence-corrected chi connectivity index (χ4v) is 5.98. The van der Waals surface area contributed by atoms with E-state index >= 15 is 0 Å². The summed E-state index contributed by atoms with van der Waals surface area (Å²) in [5.41, 5.74) is 9.60. The minimum absolute atomic E-state index is 0.345. The van der Waals surface area contributed by atoms with Gasteiger partial charge in [0.05, 0.1) is 19.3 Å². The Morgan fingerprint density at radius 3 is 2.85 bits per heavy atom. The Bertz CT molecular complexity index is 1520. The van der Waals surface area contributed by atoms with Gasteiger partial charge in [0.15, 0.2) is 11.4 Å². The zero-order chi connectivity index (χ0) is 23.2. The summed E-state index contributed by atoms with van der Waals surface area (Å²) in [7, 11) is 1.39. The number of esters is 1. The number of nitrogens with two attached hydrogens (primary N) is 1. The lowest BCUT2D eigenvalue weighted by Crippen LogP contribution is -2.12. The number of anilines is 1. The molecule has 4 aromatic heterocycles. The van der Waals surface area contributed by atoms with Crippen LogP contribution in [0.2, 0.25) is 0 Å². The normalized spacial score (nSPS) is 14.7. The molecule has 172 valence electrons. The van der Waals surface area contributed by atoms with Crippen molar-refractivity contribution in [1.29, 1.82) is 0 Å². The third kappa shape index (κ3) is 3.45. The Morgan fingerprint density at radius 1 is 1.18 bits per heavy atom. The van der Waals surface area contributed by atoms with E-state index in [0.717, 1.165) is 32.2 Å². The molecule has 2 N–H and O–H groups in total. The summed E-state index contributed by atoms with van der Waals surface area (Å²) in [6.45, 7) is 0. The highest BCUT2D eigenvalue weighted by Crippen LogP contribution is 2.41. The van der Waals surface area contributed by atoms with E-state index in [1.54, 1.807) is 6.20 Å². The molecule has 1 fully saturated rings. The molecule has 0 saturated heterocycles. The lowest BCUT2D eigenvalue weighted by molar-refractivity contribution is 0.0606. The highest BCUT2D eigenvalue weighted by molar-refractivity contribution is 7.21. The van der Waals surface area contributed by atoms with Gasteiger partial charge in [-0.25, -0.2) is 9.78 Å². The molecule has 0 aliphatic heterocycles. The molecule has 0 bridgehead atoms. The van der Waals surface area contributed by atoms with Crippen LogP contribution in [0.5, 0.6) is 0 Å². The third-order valence-corrected chi connectivity index (χ3v) is 7.81. The van der Waals surface area contributed by atoms with Gasteiger partial charge in [0.25, 0.3) is 0 Å². The van der Waals surface area contributed by atoms with Crippen LogP contribution in [0.15, 0.2) is 53.3 Å². The van der Waals surface area contributed by atoms with E-state index in [9.17, 15) is 4.79 Å². The number of fused-ring (bicyclic) bond motifs is 2. The predicted molar refractivity (Wildman–Crippen MR) is 134 cm³/mol. The van der Waals surface area contributed by atoms with E-state index in [0.29, 0.717) is 28.1 Å². The van der Waals surface area contributed by atoms with Gasteiger partial charge in [-0.15, -0.1) is 11.3 Å². The van der Waals surface area contributed by atoms with E-state index in [2.05, 4.69) is 21.0 Å². The molecule has 0 unspecified atom stereocenters. The van der Waals surface area contributed by atoms with Gasteiger partial charge in [-0.05, 0) is 36.4 Å². The van der Waals surface area contributed by atoms with Crippen molar-refractivity contribution in [3.63, 3.8) is 0 Å². The first kappa shape index (κ1) is 20.9. The van der Waals surface area contributed by atoms with Gasteiger partial charge < -0.3 is 14.9 Å². The summed E-state index contributed by atoms with van der Waals surface area (Å²) in [5.74, 6) is 0.681. The number of aromatic nitrogens is 3. The number of thiophene rings is 1. The fourth-order valence-electron chi connectivity index (χ4n) is 4.89. The second kappa shape index (κ2) is 8.29. The molecule has 8 heteroatoms. The van der Waals surface area contributed by atoms with Crippen molar-refractivity contribution in [3.05, 3.63) is 53.8 Å². The van der Waals surface area contributed by atoms with E-state index in [-0.39, 0.29) is 5.97 Å². The average Bonchev–Trinajstić information content (AvgIpc) is 3.62. The molecule has 4 heterocycles. The van der Waals surface area contributed by atoms with Crippen molar-refractivity contribution in [3.8, 4) is 22.5 Å². The smallest absolute Gasteiger partial charge is 0.348 e. The van der Waals surface area contributed by atoms with Crippen LogP contribution in [0.4, 0.5) is 5.82 Å². The minimum atomic E-state index is -0.345. The first-order valence-corrected chi connectivity index (χ1v) is 12.3. The summed E-state index contributed by atoms with van der Waals surface area (Å²) in [6.07, 6.45) is 12.0. The quantitative estimate of drug-likeness (QED) is 0.302. The number of hydrogen-bond donors (Lipinski definition) is 1. The number of nitrogen functional groups attached to an aromatic ring is 1. The molecule has 1 saturated carbocycles. The number of benzene rings is 1. The number of ether oxygens (including phenoxy) is 1. The molecule has 7 nitrogen and oxygen atoms in total. The monoisotopic (exact) mass is 472 g/mol. The summed E-state index contributed by atoms with van der Waals surface area (Å²) >= 11 is 1.39. The van der Waals surface area contributed by atoms with Crippen LogP contribution >= 0.6 is 11.3 Å². The molecule has 1 aliphatic rings. The largest absolute Gasteiger partial charge is 0.465 e. The standard InChI is InChI=1S/C26H24N4O3S/c1-32-26(31)22-10-15-6-5-9-18(24(15)34-22)21-11-19-20(13-28-25(27)23(19)33-21)16-12-29-30(14-16)17-7-3-2-4-8-17/h5-6,9-14,17H,2-4,7-8H2,1H3,(H2,27,28). The Hall–Kier alpha value is -3.65. The lowest BCUT2D eigenvalue weighted by atomic mass is 9.96. The molecule has 0 spiro atoms. The van der Waals surface area contributed by atoms with E-state index in [1.807, 2.05) is 36.5 Å². The van der Waals surface area contributed by atoms with Gasteiger partial charge in [0.2, 0.25) is 0 Å². The van der Waals surface area contributed by atoms with E-state index in [4.69, 9.17) is 14.9 Å². The molecule has 6 rings (SSSR count). The minimum Gasteiger partial charge on any atom is -0.465 e. The topological polar surface area (TPSA) is 96.2 Å². The molecule has 1 aliphatic carbocycles. The maximum absolute atomic E-state index is 12.1. The van der Waals surface area contributed by atoms with Crippen molar-refractivity contribution in [1.82, 2.24) is 14.8 Å². The van der Waals surface area contributed by atoms with Crippen LogP contribution in [0.1, 0.15) is 47.8 Å². The zero-order valence-electron chi connectivity index (χ0n) is 18.8. The van der Waals surface area contributed by atoms with Gasteiger partial charge in [-0.1, -0.05) is 31.4 Å². The molecular formula is C26H24N4O3S. The van der Waals surface area contributed by atoms with Crippen LogP contribution in [0.25, 0.3) is 43.5 Å². The Labute approximate surface area is 200 Å². The summed E-state index contributed by atoms with van der Waals surface area (Å²) < 4.78 is 14.2. The van der Waals surface area contributed by atoms with E-state index in [1.165, 1.54) is 50.6 Å². The SMILES string of the molecule is COC(=O)c1cc2cccc(-c3cc4c(-c5cnn(C6CCCCC6)c5)cnc(N)c4o3)c2s1. The molecular weight excluding hydrogens is 448 g/mol. The number of carbonyl (C=O) groups excluding carboxylic acids is 1. The number of methoxy groups -OCH3 is 1. The molecule has 0 amide bonds. The van der Waals surface area contributed by atoms with Crippen LogP contribution in [0.3, 0.4) is 0 Å². The van der Waals surface area contributed by atoms with Crippen molar-refractivity contribution in [2.24, 2.45) is 0 Å². The number of rotatable bonds is 4. The Kier molecular flexibility index (Phi) is 5.10. The molecule has 0 radical (unpaired) electrons. The second-order valence-electron chi connectivity index (χ2n) is 8.74. The van der Waals surface area contributed by atoms with Gasteiger partial charge in [0.1, 0.15) is 10.6 Å². The van der Waals surface area contributed by atoms with Crippen molar-refractivity contribution >= 4 is 44.2 Å². The first-order chi connectivity index (χ1) is 16.6. The maximum Gasteiger partial charge on any atom is 0.348 e. The predicted octanol–water partition coefficient (Wildman–Crippen LogP) is 6.45. The number of nitrogens with zero attached hydrogens (tertiary/aromatic N) is 3. The number of hydrogen-bond acceptors (Lipinski definition) is 7. The zero-order valence-corrected chi connectivity index (χ0v) is 19.6. The van der Waals surface area contributed by atoms with Crippen LogP contribution in [0, 0.1) is 0 Å². The summed E-state index contributed by atoms with van der Waals surface area (Å²) in [6, 6.07) is 10.2. The van der Waals surface area contributed by atoms with Crippen LogP contribution in [-0.4, -0.2) is 27.8 Å². The number of carbonyl (C=O) groups is 1. The summed E-state index contributed by atoms with van der Waals surface area (Å²) in [4.78, 5) is 17.0. The van der Waals surface area contributed by atoms with Crippen molar-refractivity contribution in [2.75, 3.05) is 12.8 Å². The van der Waals surface area contributed by atoms with Crippen molar-refractivity contribution < 1.29 is 13.9 Å². The van der Waals surface area contributed by atoms with Gasteiger partial charge in [-0.3, -0.25) is 4.68 Å². The first-order valence-electron chi connectivity index (χ1n) is 11.5. The maximum atomic E-state index is 12.1. The second-order valence-corrected chi connectivity index (χ2v) is 9.79. The highest BCUT2D eigenvalue weighted by atomic mass is 32.1. The molecule has 5 aromatic rings. The van der Waals surface area contributed by atoms with Crippen molar-refractivity contribution in [2.45, 2.75) is 38.1 Å². The number of furan rings is 1. The highest BCUT2D eigenvalue weighted by Gasteiger charge is 2.21. The van der Waals surface area contributed by atoms with Gasteiger partial charge >= 0.3 is 5.97 Å². The molecule has 34 heavy (non-hydrogen) atoms. The van der Waals surface area contributed by atoms with Gasteiger partial charge in [0, 0.05) is 39.2 Å². The fraction of sp³-hybridized carbons (Fsp3) is 0.269. The number of pyridine rings is 1. The summed E-state index contributed by atoms with van der Waals surface area (Å²) in [5, 5.41) is 6.52. The van der Waals surface area contributed by atoms with Crippen LogP contribution < -0.4 is 5.73 Å². The van der Waals surface area contributed by atoms with E-state index < -0.39 is 0 Å². The van der Waals surface area contributed by atoms with Gasteiger partial charge in [-0.2, -0.15) is 5.10 Å². The third-order valence-electron chi connectivity index (χ3n) is 6.65. The molecule has 1 aromatic carbocycles. The molecule has 0 atom stereocenters.